The van der Waals surface area contributed by atoms with Gasteiger partial charge in [-0.05, 0) is 39.7 Å². The van der Waals surface area contributed by atoms with Crippen molar-refractivity contribution < 1.29 is 19.1 Å². The zero-order chi connectivity index (χ0) is 13.9. The van der Waals surface area contributed by atoms with Crippen molar-refractivity contribution in [3.8, 4) is 0 Å². The number of carbonyl (C=O) groups excluding carboxylic acids is 2. The van der Waals surface area contributed by atoms with Gasteiger partial charge in [-0.25, -0.2) is 0 Å². The van der Waals surface area contributed by atoms with E-state index in [0.717, 1.165) is 32.4 Å². The van der Waals surface area contributed by atoms with Gasteiger partial charge < -0.3 is 9.47 Å². The van der Waals surface area contributed by atoms with Crippen LogP contribution in [0.25, 0.3) is 0 Å². The summed E-state index contributed by atoms with van der Waals surface area (Å²) in [5.41, 5.74) is -1.09. The summed E-state index contributed by atoms with van der Waals surface area (Å²) in [6, 6.07) is -0.0423. The van der Waals surface area contributed by atoms with Crippen molar-refractivity contribution in [3.05, 3.63) is 0 Å². The molecule has 108 valence electrons. The first-order valence-electron chi connectivity index (χ1n) is 7.25. The minimum atomic E-state index is -1.09. The Morgan fingerprint density at radius 1 is 1.11 bits per heavy atom. The van der Waals surface area contributed by atoms with Gasteiger partial charge in [0, 0.05) is 12.6 Å². The molecule has 0 bridgehead atoms. The fourth-order valence-electron chi connectivity index (χ4n) is 3.38. The highest BCUT2D eigenvalue weighted by atomic mass is 16.6. The second kappa shape index (κ2) is 5.90. The molecule has 0 aromatic rings. The third-order valence-corrected chi connectivity index (χ3v) is 4.26. The normalized spacial score (nSPS) is 25.7. The molecule has 0 aliphatic carbocycles. The first-order valence-corrected chi connectivity index (χ1v) is 7.25. The summed E-state index contributed by atoms with van der Waals surface area (Å²) >= 11 is 0. The van der Waals surface area contributed by atoms with Gasteiger partial charge in [0.15, 0.2) is 5.41 Å². The topological polar surface area (TPSA) is 55.8 Å². The van der Waals surface area contributed by atoms with Gasteiger partial charge in [-0.1, -0.05) is 6.42 Å². The molecule has 2 aliphatic rings. The molecule has 1 unspecified atom stereocenters. The molecule has 1 atom stereocenters. The Hall–Kier alpha value is -1.10. The lowest BCUT2D eigenvalue weighted by Crippen LogP contribution is -2.52. The lowest BCUT2D eigenvalue weighted by molar-refractivity contribution is -0.174. The standard InChI is InChI=1S/C14H23NO4/c1-3-18-12(16)14(13(17)19-4-2)8-10-15-9-6-5-7-11(14)15/h11H,3-10H2,1-2H3. The Bertz CT molecular complexity index is 337. The van der Waals surface area contributed by atoms with Gasteiger partial charge in [-0.2, -0.15) is 0 Å². The van der Waals surface area contributed by atoms with Crippen molar-refractivity contribution in [1.29, 1.82) is 0 Å². The van der Waals surface area contributed by atoms with E-state index in [-0.39, 0.29) is 6.04 Å². The molecule has 2 saturated heterocycles. The average Bonchev–Trinajstić information content (AvgIpc) is 2.80. The zero-order valence-corrected chi connectivity index (χ0v) is 11.8. The number of ether oxygens (including phenoxy) is 2. The molecule has 0 N–H and O–H groups in total. The Morgan fingerprint density at radius 3 is 2.32 bits per heavy atom. The number of hydrogen-bond donors (Lipinski definition) is 0. The number of nitrogens with zero attached hydrogens (tertiary/aromatic N) is 1. The van der Waals surface area contributed by atoms with Crippen molar-refractivity contribution in [2.24, 2.45) is 5.41 Å². The lowest BCUT2D eigenvalue weighted by Gasteiger charge is -2.37. The molecule has 5 nitrogen and oxygen atoms in total. The number of hydrogen-bond acceptors (Lipinski definition) is 5. The Balaban J connectivity index is 2.28. The van der Waals surface area contributed by atoms with Crippen LogP contribution in [0.1, 0.15) is 39.5 Å². The first kappa shape index (κ1) is 14.3. The van der Waals surface area contributed by atoms with Crippen molar-refractivity contribution in [2.45, 2.75) is 45.6 Å². The van der Waals surface area contributed by atoms with Gasteiger partial charge in [0.25, 0.3) is 0 Å². The van der Waals surface area contributed by atoms with E-state index in [9.17, 15) is 9.59 Å². The molecule has 2 heterocycles. The summed E-state index contributed by atoms with van der Waals surface area (Å²) in [6.07, 6.45) is 3.59. The van der Waals surface area contributed by atoms with Crippen LogP contribution in [0.2, 0.25) is 0 Å². The molecular weight excluding hydrogens is 246 g/mol. The van der Waals surface area contributed by atoms with Crippen LogP contribution in [-0.4, -0.2) is 49.2 Å². The summed E-state index contributed by atoms with van der Waals surface area (Å²) in [6.45, 7) is 5.88. The fraction of sp³-hybridized carbons (Fsp3) is 0.857. The van der Waals surface area contributed by atoms with Crippen LogP contribution < -0.4 is 0 Å². The van der Waals surface area contributed by atoms with Gasteiger partial charge in [0.2, 0.25) is 0 Å². The second-order valence-electron chi connectivity index (χ2n) is 5.21. The van der Waals surface area contributed by atoms with E-state index < -0.39 is 17.4 Å². The maximum absolute atomic E-state index is 12.4. The number of piperidine rings is 1. The first-order chi connectivity index (χ1) is 9.16. The third kappa shape index (κ3) is 2.36. The Morgan fingerprint density at radius 2 is 1.74 bits per heavy atom. The van der Waals surface area contributed by atoms with E-state index in [1.165, 1.54) is 0 Å². The molecule has 2 aliphatic heterocycles. The Kier molecular flexibility index (Phi) is 4.45. The number of rotatable bonds is 4. The quantitative estimate of drug-likeness (QED) is 0.569. The Labute approximate surface area is 114 Å². The number of esters is 2. The maximum Gasteiger partial charge on any atom is 0.325 e. The van der Waals surface area contributed by atoms with E-state index >= 15 is 0 Å². The van der Waals surface area contributed by atoms with Crippen molar-refractivity contribution in [1.82, 2.24) is 4.90 Å². The summed E-state index contributed by atoms with van der Waals surface area (Å²) < 4.78 is 10.4. The van der Waals surface area contributed by atoms with Gasteiger partial charge in [-0.15, -0.1) is 0 Å². The van der Waals surface area contributed by atoms with Gasteiger partial charge >= 0.3 is 11.9 Å². The highest BCUT2D eigenvalue weighted by Gasteiger charge is 2.60. The van der Waals surface area contributed by atoms with E-state index in [1.54, 1.807) is 13.8 Å². The van der Waals surface area contributed by atoms with Crippen LogP contribution in [0.15, 0.2) is 0 Å². The maximum atomic E-state index is 12.4. The summed E-state index contributed by atoms with van der Waals surface area (Å²) in [4.78, 5) is 27.0. The molecule has 2 rings (SSSR count). The largest absolute Gasteiger partial charge is 0.465 e. The van der Waals surface area contributed by atoms with Gasteiger partial charge in [0.1, 0.15) is 0 Å². The van der Waals surface area contributed by atoms with Crippen molar-refractivity contribution in [2.75, 3.05) is 26.3 Å². The zero-order valence-electron chi connectivity index (χ0n) is 11.8. The van der Waals surface area contributed by atoms with Crippen LogP contribution in [-0.2, 0) is 19.1 Å². The number of carbonyl (C=O) groups is 2. The van der Waals surface area contributed by atoms with Crippen molar-refractivity contribution in [3.63, 3.8) is 0 Å². The third-order valence-electron chi connectivity index (χ3n) is 4.26. The predicted molar refractivity (Wildman–Crippen MR) is 69.5 cm³/mol. The smallest absolute Gasteiger partial charge is 0.325 e. The van der Waals surface area contributed by atoms with Gasteiger partial charge in [0.05, 0.1) is 13.2 Å². The molecule has 5 heteroatoms. The summed E-state index contributed by atoms with van der Waals surface area (Å²) in [5, 5.41) is 0. The van der Waals surface area contributed by atoms with Crippen LogP contribution in [0.5, 0.6) is 0 Å². The predicted octanol–water partition coefficient (Wildman–Crippen LogP) is 1.36. The average molecular weight is 269 g/mol. The van der Waals surface area contributed by atoms with Crippen LogP contribution in [0, 0.1) is 5.41 Å². The van der Waals surface area contributed by atoms with Crippen LogP contribution >= 0.6 is 0 Å². The highest BCUT2D eigenvalue weighted by Crippen LogP contribution is 2.43. The lowest BCUT2D eigenvalue weighted by atomic mass is 9.77. The number of fused-ring (bicyclic) bond motifs is 1. The highest BCUT2D eigenvalue weighted by molar-refractivity contribution is 6.01. The summed E-state index contributed by atoms with van der Waals surface area (Å²) in [5.74, 6) is -0.800. The van der Waals surface area contributed by atoms with E-state index in [4.69, 9.17) is 9.47 Å². The monoisotopic (exact) mass is 269 g/mol. The van der Waals surface area contributed by atoms with Crippen LogP contribution in [0.3, 0.4) is 0 Å². The second-order valence-corrected chi connectivity index (χ2v) is 5.21. The minimum absolute atomic E-state index is 0.0423. The molecule has 0 aromatic heterocycles. The fourth-order valence-corrected chi connectivity index (χ4v) is 3.38. The van der Waals surface area contributed by atoms with Crippen LogP contribution in [0.4, 0.5) is 0 Å². The van der Waals surface area contributed by atoms with E-state index in [0.29, 0.717) is 19.6 Å². The minimum Gasteiger partial charge on any atom is -0.465 e. The molecule has 19 heavy (non-hydrogen) atoms. The molecule has 0 aromatic carbocycles. The van der Waals surface area contributed by atoms with Gasteiger partial charge in [-0.3, -0.25) is 14.5 Å². The van der Waals surface area contributed by atoms with Crippen molar-refractivity contribution >= 4 is 11.9 Å². The SMILES string of the molecule is CCOC(=O)C1(C(=O)OCC)CCN2CCCCC21. The van der Waals surface area contributed by atoms with E-state index in [2.05, 4.69) is 4.90 Å². The molecule has 0 amide bonds. The summed E-state index contributed by atoms with van der Waals surface area (Å²) in [7, 11) is 0. The molecule has 0 radical (unpaired) electrons. The van der Waals surface area contributed by atoms with E-state index in [1.807, 2.05) is 0 Å². The molecule has 0 saturated carbocycles. The molecule has 2 fully saturated rings. The molecule has 0 spiro atoms. The molecular formula is C14H23NO4.